The number of hydrogen-bond acceptors (Lipinski definition) is 4. The first-order chi connectivity index (χ1) is 10.0. The first-order valence-corrected chi connectivity index (χ1v) is 6.64. The minimum Gasteiger partial charge on any atom is -0.412 e. The third-order valence-electron chi connectivity index (χ3n) is 2.73. The minimum atomic E-state index is -0.649. The Morgan fingerprint density at radius 1 is 1.38 bits per heavy atom. The molecule has 0 aliphatic rings. The van der Waals surface area contributed by atoms with E-state index in [-0.39, 0.29) is 23.0 Å². The minimum absolute atomic E-state index is 0.0255. The van der Waals surface area contributed by atoms with E-state index in [2.05, 4.69) is 0 Å². The number of rotatable bonds is 4. The summed E-state index contributed by atoms with van der Waals surface area (Å²) in [6.45, 7) is 1.89. The number of nitro groups is 1. The Balaban J connectivity index is 2.78. The van der Waals surface area contributed by atoms with Crippen LogP contribution < -0.4 is 4.84 Å². The molecule has 2 rings (SSSR count). The van der Waals surface area contributed by atoms with Crippen molar-refractivity contribution in [2.45, 2.75) is 6.92 Å². The summed E-state index contributed by atoms with van der Waals surface area (Å²) in [4.78, 5) is 15.9. The summed E-state index contributed by atoms with van der Waals surface area (Å²) in [5, 5.41) is 20.9. The standard InChI is InChI=1S/C13H9Cl2N3O3/c1-2-21-17-10(7-16)12(18(19)20)11(13(17)15)8-3-5-9(14)6-4-8/h3-6H,2H2,1H3. The second-order valence-corrected chi connectivity index (χ2v) is 4.75. The summed E-state index contributed by atoms with van der Waals surface area (Å²) in [7, 11) is 0. The Labute approximate surface area is 130 Å². The van der Waals surface area contributed by atoms with Gasteiger partial charge in [0, 0.05) is 5.02 Å². The van der Waals surface area contributed by atoms with Crippen molar-refractivity contribution in [3.63, 3.8) is 0 Å². The SMILES string of the molecule is CCOn1c(Cl)c(-c2ccc(Cl)cc2)c([N+](=O)[O-])c1C#N. The molecule has 0 saturated carbocycles. The molecule has 0 radical (unpaired) electrons. The number of aromatic nitrogens is 1. The number of hydrogen-bond donors (Lipinski definition) is 0. The van der Waals surface area contributed by atoms with E-state index in [4.69, 9.17) is 33.3 Å². The van der Waals surface area contributed by atoms with Crippen LogP contribution in [0.25, 0.3) is 11.1 Å². The van der Waals surface area contributed by atoms with Crippen molar-refractivity contribution < 1.29 is 9.76 Å². The molecule has 0 unspecified atom stereocenters. The average molecular weight is 326 g/mol. The zero-order chi connectivity index (χ0) is 15.6. The molecule has 1 aromatic carbocycles. The van der Waals surface area contributed by atoms with E-state index >= 15 is 0 Å². The zero-order valence-corrected chi connectivity index (χ0v) is 12.4. The molecule has 0 fully saturated rings. The normalized spacial score (nSPS) is 10.2. The lowest BCUT2D eigenvalue weighted by atomic mass is 10.1. The fraction of sp³-hybridized carbons (Fsp3) is 0.154. The highest BCUT2D eigenvalue weighted by Gasteiger charge is 2.32. The van der Waals surface area contributed by atoms with Gasteiger partial charge in [-0.25, -0.2) is 0 Å². The van der Waals surface area contributed by atoms with Crippen LogP contribution in [0.3, 0.4) is 0 Å². The van der Waals surface area contributed by atoms with Gasteiger partial charge in [-0.05, 0) is 24.6 Å². The number of halogens is 2. The lowest BCUT2D eigenvalue weighted by Gasteiger charge is -2.05. The monoisotopic (exact) mass is 325 g/mol. The summed E-state index contributed by atoms with van der Waals surface area (Å²) in [5.41, 5.74) is -0.0375. The maximum Gasteiger partial charge on any atom is 0.318 e. The molecule has 6 nitrogen and oxygen atoms in total. The van der Waals surface area contributed by atoms with Gasteiger partial charge in [0.2, 0.25) is 5.69 Å². The zero-order valence-electron chi connectivity index (χ0n) is 10.8. The summed E-state index contributed by atoms with van der Waals surface area (Å²) in [5.74, 6) is 0. The van der Waals surface area contributed by atoms with Gasteiger partial charge in [-0.3, -0.25) is 10.1 Å². The molecule has 2 aromatic rings. The van der Waals surface area contributed by atoms with Crippen molar-refractivity contribution >= 4 is 28.9 Å². The third-order valence-corrected chi connectivity index (χ3v) is 3.32. The van der Waals surface area contributed by atoms with E-state index in [0.717, 1.165) is 4.73 Å². The summed E-state index contributed by atoms with van der Waals surface area (Å²) in [6.07, 6.45) is 0. The van der Waals surface area contributed by atoms with Gasteiger partial charge in [0.25, 0.3) is 0 Å². The van der Waals surface area contributed by atoms with E-state index in [9.17, 15) is 10.1 Å². The predicted molar refractivity (Wildman–Crippen MR) is 78.4 cm³/mol. The highest BCUT2D eigenvalue weighted by atomic mass is 35.5. The van der Waals surface area contributed by atoms with Gasteiger partial charge in [0.15, 0.2) is 5.15 Å². The van der Waals surface area contributed by atoms with Crippen LogP contribution in [0.4, 0.5) is 5.69 Å². The van der Waals surface area contributed by atoms with Crippen molar-refractivity contribution in [2.75, 3.05) is 6.61 Å². The van der Waals surface area contributed by atoms with Crippen LogP contribution in [0.5, 0.6) is 0 Å². The maximum absolute atomic E-state index is 11.3. The molecule has 0 N–H and O–H groups in total. The molecular weight excluding hydrogens is 317 g/mol. The summed E-state index contributed by atoms with van der Waals surface area (Å²) in [6, 6.07) is 8.11. The lowest BCUT2D eigenvalue weighted by molar-refractivity contribution is -0.384. The van der Waals surface area contributed by atoms with Crippen molar-refractivity contribution in [1.29, 1.82) is 5.26 Å². The molecule has 0 saturated heterocycles. The highest BCUT2D eigenvalue weighted by molar-refractivity contribution is 6.33. The van der Waals surface area contributed by atoms with Gasteiger partial charge in [0.05, 0.1) is 4.92 Å². The predicted octanol–water partition coefficient (Wildman–Crippen LogP) is 3.69. The Morgan fingerprint density at radius 3 is 2.48 bits per heavy atom. The Morgan fingerprint density at radius 2 is 2.00 bits per heavy atom. The van der Waals surface area contributed by atoms with E-state index < -0.39 is 10.6 Å². The van der Waals surface area contributed by atoms with Crippen LogP contribution in [0.15, 0.2) is 24.3 Å². The van der Waals surface area contributed by atoms with Crippen molar-refractivity contribution in [3.8, 4) is 17.2 Å². The summed E-state index contributed by atoms with van der Waals surface area (Å²) < 4.78 is 0.976. The Hall–Kier alpha value is -2.23. The van der Waals surface area contributed by atoms with Crippen LogP contribution >= 0.6 is 23.2 Å². The summed E-state index contributed by atoms with van der Waals surface area (Å²) >= 11 is 12.0. The van der Waals surface area contributed by atoms with Crippen molar-refractivity contribution in [2.24, 2.45) is 0 Å². The average Bonchev–Trinajstić information content (AvgIpc) is 2.73. The van der Waals surface area contributed by atoms with Crippen LogP contribution in [0.1, 0.15) is 12.6 Å². The van der Waals surface area contributed by atoms with Crippen molar-refractivity contribution in [3.05, 3.63) is 50.2 Å². The lowest BCUT2D eigenvalue weighted by Crippen LogP contribution is -2.12. The second kappa shape index (κ2) is 6.04. The first kappa shape index (κ1) is 15.2. The molecule has 8 heteroatoms. The molecule has 0 bridgehead atoms. The third kappa shape index (κ3) is 2.66. The highest BCUT2D eigenvalue weighted by Crippen LogP contribution is 2.41. The molecule has 0 atom stereocenters. The van der Waals surface area contributed by atoms with Gasteiger partial charge in [0.1, 0.15) is 18.2 Å². The van der Waals surface area contributed by atoms with E-state index in [1.807, 2.05) is 0 Å². The van der Waals surface area contributed by atoms with Gasteiger partial charge in [-0.2, -0.15) is 9.99 Å². The topological polar surface area (TPSA) is 81.1 Å². The van der Waals surface area contributed by atoms with E-state index in [0.29, 0.717) is 10.6 Å². The molecule has 21 heavy (non-hydrogen) atoms. The maximum atomic E-state index is 11.3. The van der Waals surface area contributed by atoms with Gasteiger partial charge in [-0.1, -0.05) is 35.3 Å². The van der Waals surface area contributed by atoms with E-state index in [1.165, 1.54) is 0 Å². The molecule has 0 aliphatic carbocycles. The van der Waals surface area contributed by atoms with Crippen molar-refractivity contribution in [1.82, 2.24) is 4.73 Å². The van der Waals surface area contributed by atoms with Crippen LogP contribution in [-0.2, 0) is 0 Å². The molecule has 108 valence electrons. The molecule has 0 aliphatic heterocycles. The largest absolute Gasteiger partial charge is 0.412 e. The fourth-order valence-corrected chi connectivity index (χ4v) is 2.37. The fourth-order valence-electron chi connectivity index (χ4n) is 1.91. The second-order valence-electron chi connectivity index (χ2n) is 3.95. The van der Waals surface area contributed by atoms with Gasteiger partial charge >= 0.3 is 5.69 Å². The molecule has 1 heterocycles. The number of nitrogens with zero attached hydrogens (tertiary/aromatic N) is 3. The number of nitriles is 1. The Kier molecular flexibility index (Phi) is 4.36. The number of benzene rings is 1. The van der Waals surface area contributed by atoms with E-state index in [1.54, 1.807) is 37.3 Å². The Bertz CT molecular complexity index is 733. The smallest absolute Gasteiger partial charge is 0.318 e. The van der Waals surface area contributed by atoms with Gasteiger partial charge < -0.3 is 4.84 Å². The molecule has 0 spiro atoms. The quantitative estimate of drug-likeness (QED) is 0.634. The van der Waals surface area contributed by atoms with Crippen LogP contribution in [-0.4, -0.2) is 16.3 Å². The van der Waals surface area contributed by atoms with Crippen LogP contribution in [0, 0.1) is 21.4 Å². The molecule has 0 amide bonds. The molecular formula is C13H9Cl2N3O3. The first-order valence-electron chi connectivity index (χ1n) is 5.89. The molecule has 1 aromatic heterocycles. The van der Waals surface area contributed by atoms with Crippen LogP contribution in [0.2, 0.25) is 10.2 Å². The van der Waals surface area contributed by atoms with Gasteiger partial charge in [-0.15, -0.1) is 0 Å².